The van der Waals surface area contributed by atoms with E-state index in [1.807, 2.05) is 0 Å². The van der Waals surface area contributed by atoms with Crippen molar-refractivity contribution in [2.75, 3.05) is 0 Å². The molecule has 0 radical (unpaired) electrons. The topological polar surface area (TPSA) is 0 Å². The van der Waals surface area contributed by atoms with Gasteiger partial charge in [-0.1, -0.05) is 0 Å². The first kappa shape index (κ1) is 115. The standard InChI is InChI=1S/6ClH.Pd/h6*1H;/q;;;;;;+2/p-6. The molecule has 56 valence electrons. The Kier molecular flexibility index (Phi) is 1310. The van der Waals surface area contributed by atoms with E-state index in [2.05, 4.69) is 0 Å². The fourth-order valence-electron chi connectivity index (χ4n) is 0. The normalized spacial score (nSPS) is 0. The number of hydrogen-bond donors (Lipinski definition) is 0. The quantitative estimate of drug-likeness (QED) is 0.389. The van der Waals surface area contributed by atoms with Gasteiger partial charge in [-0.25, -0.2) is 0 Å². The Morgan fingerprint density at radius 1 is 0.286 bits per heavy atom. The third kappa shape index (κ3) is 59.7. The predicted molar refractivity (Wildman–Crippen MR) is 0 cm³/mol. The fourth-order valence-corrected chi connectivity index (χ4v) is 0. The summed E-state index contributed by atoms with van der Waals surface area (Å²) < 4.78 is 0. The zero-order valence-corrected chi connectivity index (χ0v) is 8.67. The van der Waals surface area contributed by atoms with E-state index < -0.39 is 0 Å². The molecule has 0 aromatic rings. The van der Waals surface area contributed by atoms with Gasteiger partial charge < -0.3 is 74.4 Å². The fraction of sp³-hybridized carbons (Fsp3) is 0. The summed E-state index contributed by atoms with van der Waals surface area (Å²) in [4.78, 5) is 0. The first-order valence-corrected chi connectivity index (χ1v) is 0. The molecule has 0 atom stereocenters. The maximum Gasteiger partial charge on any atom is 2.00 e. The van der Waals surface area contributed by atoms with E-state index in [1.165, 1.54) is 0 Å². The van der Waals surface area contributed by atoms with Crippen LogP contribution in [0.1, 0.15) is 0 Å². The van der Waals surface area contributed by atoms with E-state index in [0.717, 1.165) is 0 Å². The van der Waals surface area contributed by atoms with Gasteiger partial charge in [0.15, 0.2) is 0 Å². The van der Waals surface area contributed by atoms with Gasteiger partial charge in [-0.05, 0) is 0 Å². The Balaban J connectivity index is 0. The van der Waals surface area contributed by atoms with Gasteiger partial charge in [0.25, 0.3) is 0 Å². The van der Waals surface area contributed by atoms with E-state index >= 15 is 0 Å². The number of rotatable bonds is 0. The largest absolute Gasteiger partial charge is 2.00 e. The average molecular weight is 319 g/mol. The van der Waals surface area contributed by atoms with E-state index in [9.17, 15) is 0 Å². The van der Waals surface area contributed by atoms with Gasteiger partial charge in [0.05, 0.1) is 0 Å². The van der Waals surface area contributed by atoms with Crippen LogP contribution in [0, 0.1) is 0 Å². The summed E-state index contributed by atoms with van der Waals surface area (Å²) in [6.45, 7) is 0. The summed E-state index contributed by atoms with van der Waals surface area (Å²) in [7, 11) is 0. The summed E-state index contributed by atoms with van der Waals surface area (Å²) in [5, 5.41) is 0. The zero-order chi connectivity index (χ0) is 0. The van der Waals surface area contributed by atoms with Crippen LogP contribution in [0.3, 0.4) is 0 Å². The van der Waals surface area contributed by atoms with Crippen LogP contribution >= 0.6 is 0 Å². The molecule has 0 saturated heterocycles. The van der Waals surface area contributed by atoms with Crippen LogP contribution in [0.4, 0.5) is 0 Å². The first-order valence-electron chi connectivity index (χ1n) is 0. The van der Waals surface area contributed by atoms with Crippen molar-refractivity contribution in [2.45, 2.75) is 0 Å². The predicted octanol–water partition coefficient (Wildman–Crippen LogP) is -18.0. The van der Waals surface area contributed by atoms with Gasteiger partial charge in [0, 0.05) is 0 Å². The summed E-state index contributed by atoms with van der Waals surface area (Å²) in [5.41, 5.74) is 0. The van der Waals surface area contributed by atoms with Crippen molar-refractivity contribution in [2.24, 2.45) is 0 Å². The van der Waals surface area contributed by atoms with Crippen LogP contribution in [0.25, 0.3) is 0 Å². The molecule has 0 aliphatic carbocycles. The third-order valence-electron chi connectivity index (χ3n) is 0. The van der Waals surface area contributed by atoms with Gasteiger partial charge in [-0.15, -0.1) is 0 Å². The zero-order valence-electron chi connectivity index (χ0n) is 2.58. The monoisotopic (exact) mass is 316 g/mol. The molecule has 0 aliphatic rings. The first-order chi connectivity index (χ1) is 0. The summed E-state index contributed by atoms with van der Waals surface area (Å²) >= 11 is 0. The maximum atomic E-state index is 0. The van der Waals surface area contributed by atoms with E-state index in [4.69, 9.17) is 0 Å². The van der Waals surface area contributed by atoms with Crippen molar-refractivity contribution in [1.82, 2.24) is 0 Å². The van der Waals surface area contributed by atoms with Crippen LogP contribution in [0.5, 0.6) is 0 Å². The van der Waals surface area contributed by atoms with Crippen molar-refractivity contribution in [3.8, 4) is 0 Å². The van der Waals surface area contributed by atoms with E-state index in [0.29, 0.717) is 0 Å². The minimum atomic E-state index is 0. The van der Waals surface area contributed by atoms with Crippen molar-refractivity contribution in [3.05, 3.63) is 0 Å². The van der Waals surface area contributed by atoms with Crippen molar-refractivity contribution >= 4 is 0 Å². The molecule has 0 nitrogen and oxygen atoms in total. The van der Waals surface area contributed by atoms with Crippen LogP contribution < -0.4 is 74.4 Å². The van der Waals surface area contributed by atoms with Crippen molar-refractivity contribution in [1.29, 1.82) is 0 Å². The second-order valence-electron chi connectivity index (χ2n) is 0. The molecule has 7 heteroatoms. The smallest absolute Gasteiger partial charge is 1.00 e. The minimum Gasteiger partial charge on any atom is -1.00 e. The molecule has 0 N–H and O–H groups in total. The summed E-state index contributed by atoms with van der Waals surface area (Å²) in [6.07, 6.45) is 0. The second-order valence-corrected chi connectivity index (χ2v) is 0. The molecule has 0 rings (SSSR count). The molecule has 0 spiro atoms. The Bertz CT molecular complexity index is 4.14. The molecular formula is Cl6Pd-4. The van der Waals surface area contributed by atoms with Gasteiger partial charge in [0.1, 0.15) is 0 Å². The summed E-state index contributed by atoms with van der Waals surface area (Å²) in [6, 6.07) is 0. The molecule has 0 aromatic carbocycles. The van der Waals surface area contributed by atoms with Gasteiger partial charge in [-0.2, -0.15) is 0 Å². The van der Waals surface area contributed by atoms with Crippen molar-refractivity contribution < 1.29 is 94.9 Å². The minimum absolute atomic E-state index is 0. The van der Waals surface area contributed by atoms with E-state index in [-0.39, 0.29) is 94.9 Å². The Morgan fingerprint density at radius 3 is 0.286 bits per heavy atom. The van der Waals surface area contributed by atoms with Crippen LogP contribution in [0.15, 0.2) is 0 Å². The van der Waals surface area contributed by atoms with Crippen molar-refractivity contribution in [3.63, 3.8) is 0 Å². The van der Waals surface area contributed by atoms with Crippen LogP contribution in [0.2, 0.25) is 0 Å². The maximum absolute atomic E-state index is 0. The summed E-state index contributed by atoms with van der Waals surface area (Å²) in [5.74, 6) is 0. The molecular weight excluding hydrogens is 319 g/mol. The van der Waals surface area contributed by atoms with Gasteiger partial charge in [0.2, 0.25) is 0 Å². The Hall–Kier alpha value is 2.40. The molecule has 0 amide bonds. The SMILES string of the molecule is [Cl-].[Cl-].[Cl-].[Cl-].[Cl-].[Cl-].[Pd+2]. The molecule has 0 heterocycles. The molecule has 7 heavy (non-hydrogen) atoms. The number of halogens is 6. The molecule has 0 fully saturated rings. The molecule has 0 saturated carbocycles. The second kappa shape index (κ2) is 79.8. The van der Waals surface area contributed by atoms with Gasteiger partial charge in [-0.3, -0.25) is 0 Å². The molecule has 0 aliphatic heterocycles. The average Bonchev–Trinajstić information content (AvgIpc) is 0. The number of hydrogen-bond acceptors (Lipinski definition) is 0. The third-order valence-corrected chi connectivity index (χ3v) is 0. The van der Waals surface area contributed by atoms with E-state index in [1.54, 1.807) is 0 Å². The molecule has 0 unspecified atom stereocenters. The van der Waals surface area contributed by atoms with Crippen LogP contribution in [-0.2, 0) is 20.4 Å². The Morgan fingerprint density at radius 2 is 0.286 bits per heavy atom. The van der Waals surface area contributed by atoms with Gasteiger partial charge >= 0.3 is 20.4 Å². The molecule has 0 bridgehead atoms. The Labute approximate surface area is 94.1 Å². The van der Waals surface area contributed by atoms with Crippen LogP contribution in [-0.4, -0.2) is 0 Å². The molecule has 0 aromatic heterocycles.